The normalized spacial score (nSPS) is 10.1. The Labute approximate surface area is 122 Å². The maximum absolute atomic E-state index is 10.9. The lowest BCUT2D eigenvalue weighted by molar-refractivity contribution is -0.384. The SMILES string of the molecule is Cc1ccc([N+](=O)[O-])c(NCCCOc2ccccc2)n1. The molecule has 0 aliphatic rings. The first-order chi connectivity index (χ1) is 10.2. The highest BCUT2D eigenvalue weighted by Gasteiger charge is 2.14. The van der Waals surface area contributed by atoms with Crippen LogP contribution in [0.2, 0.25) is 0 Å². The Morgan fingerprint density at radius 3 is 2.71 bits per heavy atom. The maximum atomic E-state index is 10.9. The van der Waals surface area contributed by atoms with E-state index in [9.17, 15) is 10.1 Å². The van der Waals surface area contributed by atoms with Crippen LogP contribution in [-0.4, -0.2) is 23.1 Å². The van der Waals surface area contributed by atoms with Crippen LogP contribution in [0.5, 0.6) is 5.75 Å². The van der Waals surface area contributed by atoms with Gasteiger partial charge in [0.05, 0.1) is 11.5 Å². The Kier molecular flexibility index (Phi) is 5.09. The first kappa shape index (κ1) is 14.8. The van der Waals surface area contributed by atoms with Gasteiger partial charge in [-0.15, -0.1) is 0 Å². The molecule has 0 saturated heterocycles. The third kappa shape index (κ3) is 4.45. The van der Waals surface area contributed by atoms with Crippen LogP contribution in [0.15, 0.2) is 42.5 Å². The summed E-state index contributed by atoms with van der Waals surface area (Å²) in [6.07, 6.45) is 0.724. The van der Waals surface area contributed by atoms with E-state index in [0.29, 0.717) is 19.0 Å². The highest BCUT2D eigenvalue weighted by molar-refractivity contribution is 5.55. The van der Waals surface area contributed by atoms with Crippen molar-refractivity contribution in [2.75, 3.05) is 18.5 Å². The van der Waals surface area contributed by atoms with Crippen LogP contribution in [0.25, 0.3) is 0 Å². The second-order valence-electron chi connectivity index (χ2n) is 4.52. The summed E-state index contributed by atoms with van der Waals surface area (Å²) in [5.74, 6) is 1.12. The molecule has 110 valence electrons. The fourth-order valence-electron chi connectivity index (χ4n) is 1.81. The smallest absolute Gasteiger partial charge is 0.311 e. The number of anilines is 1. The van der Waals surface area contributed by atoms with Crippen LogP contribution >= 0.6 is 0 Å². The lowest BCUT2D eigenvalue weighted by Gasteiger charge is -2.08. The summed E-state index contributed by atoms with van der Waals surface area (Å²) in [7, 11) is 0. The predicted octanol–water partition coefficient (Wildman–Crippen LogP) is 3.18. The number of para-hydroxylation sites is 1. The van der Waals surface area contributed by atoms with E-state index in [-0.39, 0.29) is 5.69 Å². The zero-order valence-corrected chi connectivity index (χ0v) is 11.8. The summed E-state index contributed by atoms with van der Waals surface area (Å²) >= 11 is 0. The number of ether oxygens (including phenoxy) is 1. The number of nitro groups is 1. The molecule has 0 spiro atoms. The van der Waals surface area contributed by atoms with Gasteiger partial charge in [0.25, 0.3) is 0 Å². The molecule has 0 radical (unpaired) electrons. The molecule has 0 bridgehead atoms. The molecular formula is C15H17N3O3. The van der Waals surface area contributed by atoms with Gasteiger partial charge in [-0.1, -0.05) is 18.2 Å². The molecule has 6 heteroatoms. The minimum absolute atomic E-state index is 0.00965. The van der Waals surface area contributed by atoms with Crippen molar-refractivity contribution in [1.29, 1.82) is 0 Å². The van der Waals surface area contributed by atoms with Crippen LogP contribution in [-0.2, 0) is 0 Å². The lowest BCUT2D eigenvalue weighted by Crippen LogP contribution is -2.10. The summed E-state index contributed by atoms with van der Waals surface area (Å²) in [6, 6.07) is 12.6. The number of nitrogens with one attached hydrogen (secondary N) is 1. The Hall–Kier alpha value is -2.63. The van der Waals surface area contributed by atoms with Gasteiger partial charge in [0, 0.05) is 18.3 Å². The Balaban J connectivity index is 1.81. The van der Waals surface area contributed by atoms with E-state index in [1.807, 2.05) is 30.3 Å². The Morgan fingerprint density at radius 2 is 2.00 bits per heavy atom. The molecule has 0 unspecified atom stereocenters. The Morgan fingerprint density at radius 1 is 1.24 bits per heavy atom. The molecular weight excluding hydrogens is 270 g/mol. The molecule has 1 heterocycles. The van der Waals surface area contributed by atoms with Gasteiger partial charge in [-0.3, -0.25) is 10.1 Å². The second kappa shape index (κ2) is 7.23. The van der Waals surface area contributed by atoms with Crippen LogP contribution in [0, 0.1) is 17.0 Å². The summed E-state index contributed by atoms with van der Waals surface area (Å²) in [4.78, 5) is 14.6. The summed E-state index contributed by atoms with van der Waals surface area (Å²) in [5, 5.41) is 13.9. The van der Waals surface area contributed by atoms with Crippen molar-refractivity contribution >= 4 is 11.5 Å². The van der Waals surface area contributed by atoms with Gasteiger partial charge in [0.2, 0.25) is 5.82 Å². The van der Waals surface area contributed by atoms with Crippen molar-refractivity contribution in [2.24, 2.45) is 0 Å². The Bertz CT molecular complexity index is 602. The van der Waals surface area contributed by atoms with Gasteiger partial charge < -0.3 is 10.1 Å². The zero-order valence-electron chi connectivity index (χ0n) is 11.8. The first-order valence-electron chi connectivity index (χ1n) is 6.70. The van der Waals surface area contributed by atoms with E-state index in [4.69, 9.17) is 4.74 Å². The molecule has 21 heavy (non-hydrogen) atoms. The standard InChI is InChI=1S/C15H17N3O3/c1-12-8-9-14(18(19)20)15(17-12)16-10-5-11-21-13-6-3-2-4-7-13/h2-4,6-9H,5,10-11H2,1H3,(H,16,17). The minimum Gasteiger partial charge on any atom is -0.494 e. The number of rotatable bonds is 7. The first-order valence-corrected chi connectivity index (χ1v) is 6.70. The van der Waals surface area contributed by atoms with Gasteiger partial charge in [0.1, 0.15) is 5.75 Å². The van der Waals surface area contributed by atoms with Crippen LogP contribution in [0.1, 0.15) is 12.1 Å². The molecule has 1 N–H and O–H groups in total. The second-order valence-corrected chi connectivity index (χ2v) is 4.52. The quantitative estimate of drug-likeness (QED) is 0.481. The summed E-state index contributed by atoms with van der Waals surface area (Å²) < 4.78 is 5.55. The predicted molar refractivity (Wildman–Crippen MR) is 80.7 cm³/mol. The van der Waals surface area contributed by atoms with E-state index < -0.39 is 4.92 Å². The molecule has 0 saturated carbocycles. The number of aromatic nitrogens is 1. The van der Waals surface area contributed by atoms with Crippen molar-refractivity contribution in [3.8, 4) is 5.75 Å². The van der Waals surface area contributed by atoms with Crippen LogP contribution < -0.4 is 10.1 Å². The fourth-order valence-corrected chi connectivity index (χ4v) is 1.81. The third-order valence-corrected chi connectivity index (χ3v) is 2.84. The molecule has 2 rings (SSSR count). The van der Waals surface area contributed by atoms with Crippen molar-refractivity contribution in [3.63, 3.8) is 0 Å². The molecule has 0 aliphatic carbocycles. The molecule has 0 fully saturated rings. The minimum atomic E-state index is -0.435. The largest absolute Gasteiger partial charge is 0.494 e. The molecule has 0 atom stereocenters. The number of pyridine rings is 1. The molecule has 1 aromatic heterocycles. The summed E-state index contributed by atoms with van der Waals surface area (Å²) in [6.45, 7) is 2.90. The van der Waals surface area contributed by atoms with Gasteiger partial charge in [-0.2, -0.15) is 0 Å². The maximum Gasteiger partial charge on any atom is 0.311 e. The van der Waals surface area contributed by atoms with Crippen molar-refractivity contribution in [2.45, 2.75) is 13.3 Å². The van der Waals surface area contributed by atoms with Gasteiger partial charge in [-0.05, 0) is 31.5 Å². The fraction of sp³-hybridized carbons (Fsp3) is 0.267. The van der Waals surface area contributed by atoms with Gasteiger partial charge >= 0.3 is 5.69 Å². The zero-order chi connectivity index (χ0) is 15.1. The van der Waals surface area contributed by atoms with Crippen molar-refractivity contribution in [3.05, 3.63) is 58.3 Å². The number of hydrogen-bond donors (Lipinski definition) is 1. The van der Waals surface area contributed by atoms with E-state index in [1.54, 1.807) is 13.0 Å². The number of hydrogen-bond acceptors (Lipinski definition) is 5. The third-order valence-electron chi connectivity index (χ3n) is 2.84. The highest BCUT2D eigenvalue weighted by atomic mass is 16.6. The molecule has 1 aromatic carbocycles. The molecule has 6 nitrogen and oxygen atoms in total. The van der Waals surface area contributed by atoms with E-state index in [1.165, 1.54) is 6.07 Å². The molecule has 0 amide bonds. The number of nitrogens with zero attached hydrogens (tertiary/aromatic N) is 2. The van der Waals surface area contributed by atoms with Crippen LogP contribution in [0.3, 0.4) is 0 Å². The van der Waals surface area contributed by atoms with E-state index in [2.05, 4.69) is 10.3 Å². The van der Waals surface area contributed by atoms with Crippen molar-refractivity contribution in [1.82, 2.24) is 4.98 Å². The molecule has 2 aromatic rings. The average molecular weight is 287 g/mol. The van der Waals surface area contributed by atoms with Gasteiger partial charge in [0.15, 0.2) is 0 Å². The monoisotopic (exact) mass is 287 g/mol. The summed E-state index contributed by atoms with van der Waals surface area (Å²) in [5.41, 5.74) is 0.730. The molecule has 0 aliphatic heterocycles. The van der Waals surface area contributed by atoms with E-state index in [0.717, 1.165) is 17.9 Å². The van der Waals surface area contributed by atoms with Crippen LogP contribution in [0.4, 0.5) is 11.5 Å². The number of benzene rings is 1. The highest BCUT2D eigenvalue weighted by Crippen LogP contribution is 2.21. The number of aryl methyl sites for hydroxylation is 1. The topological polar surface area (TPSA) is 77.3 Å². The van der Waals surface area contributed by atoms with Gasteiger partial charge in [-0.25, -0.2) is 4.98 Å². The van der Waals surface area contributed by atoms with Crippen molar-refractivity contribution < 1.29 is 9.66 Å². The average Bonchev–Trinajstić information content (AvgIpc) is 2.48. The van der Waals surface area contributed by atoms with E-state index >= 15 is 0 Å². The lowest BCUT2D eigenvalue weighted by atomic mass is 10.3.